The van der Waals surface area contributed by atoms with Gasteiger partial charge in [0.1, 0.15) is 5.82 Å². The smallest absolute Gasteiger partial charge is 0.263 e. The highest BCUT2D eigenvalue weighted by Gasteiger charge is 2.15. The van der Waals surface area contributed by atoms with E-state index in [1.807, 2.05) is 7.05 Å². The third kappa shape index (κ3) is 3.12. The zero-order chi connectivity index (χ0) is 13.9. The average Bonchev–Trinajstić information content (AvgIpc) is 2.75. The number of nitrogens with one attached hydrogen (secondary N) is 2. The van der Waals surface area contributed by atoms with E-state index in [9.17, 15) is 8.42 Å². The van der Waals surface area contributed by atoms with Crippen molar-refractivity contribution in [2.75, 3.05) is 11.8 Å². The number of aromatic nitrogens is 2. The maximum absolute atomic E-state index is 12.2. The molecule has 1 aromatic heterocycles. The topological polar surface area (TPSA) is 76.0 Å². The molecule has 102 valence electrons. The number of hydrogen-bond acceptors (Lipinski definition) is 4. The fourth-order valence-electron chi connectivity index (χ4n) is 1.66. The van der Waals surface area contributed by atoms with Crippen LogP contribution in [0.2, 0.25) is 0 Å². The molecule has 0 aliphatic carbocycles. The first-order valence-corrected chi connectivity index (χ1v) is 7.25. The maximum atomic E-state index is 12.2. The second kappa shape index (κ2) is 5.41. The molecule has 19 heavy (non-hydrogen) atoms. The summed E-state index contributed by atoms with van der Waals surface area (Å²) in [7, 11) is -0.0523. The van der Waals surface area contributed by atoms with Gasteiger partial charge in [0.25, 0.3) is 10.0 Å². The number of sulfonamides is 1. The van der Waals surface area contributed by atoms with Crippen molar-refractivity contribution in [3.8, 4) is 0 Å². The molecule has 0 saturated heterocycles. The van der Waals surface area contributed by atoms with E-state index in [2.05, 4.69) is 15.1 Å². The maximum Gasteiger partial charge on any atom is 0.263 e. The Labute approximate surface area is 112 Å². The van der Waals surface area contributed by atoms with Crippen LogP contribution in [0, 0.1) is 0 Å². The normalized spacial score (nSPS) is 11.5. The Balaban J connectivity index is 2.22. The zero-order valence-electron chi connectivity index (χ0n) is 10.8. The molecule has 0 saturated carbocycles. The van der Waals surface area contributed by atoms with Gasteiger partial charge >= 0.3 is 0 Å². The van der Waals surface area contributed by atoms with Gasteiger partial charge < -0.3 is 5.32 Å². The first-order chi connectivity index (χ1) is 9.03. The molecule has 0 radical (unpaired) electrons. The molecule has 2 aromatic rings. The largest absolute Gasteiger partial charge is 0.316 e. The average molecular weight is 280 g/mol. The summed E-state index contributed by atoms with van der Waals surface area (Å²) in [5.41, 5.74) is 1.03. The van der Waals surface area contributed by atoms with Crippen molar-refractivity contribution < 1.29 is 8.42 Å². The van der Waals surface area contributed by atoms with Crippen LogP contribution in [0.5, 0.6) is 0 Å². The van der Waals surface area contributed by atoms with Crippen LogP contribution < -0.4 is 10.0 Å². The Morgan fingerprint density at radius 2 is 1.89 bits per heavy atom. The molecule has 0 amide bonds. The summed E-state index contributed by atoms with van der Waals surface area (Å²) < 4.78 is 28.3. The summed E-state index contributed by atoms with van der Waals surface area (Å²) in [4.78, 5) is 0.230. The summed E-state index contributed by atoms with van der Waals surface area (Å²) >= 11 is 0. The molecule has 0 unspecified atom stereocenters. The standard InChI is InChI=1S/C12H16N4O2S/c1-13-9-10-3-5-11(6-4-10)19(17,18)15-12-7-8-14-16(12)2/h3-8,13,15H,9H2,1-2H3. The quantitative estimate of drug-likeness (QED) is 0.854. The number of rotatable bonds is 5. The van der Waals surface area contributed by atoms with Crippen LogP contribution in [0.4, 0.5) is 5.82 Å². The molecule has 0 spiro atoms. The molecule has 0 aliphatic rings. The summed E-state index contributed by atoms with van der Waals surface area (Å²) in [6.45, 7) is 0.704. The van der Waals surface area contributed by atoms with Gasteiger partial charge in [0.15, 0.2) is 0 Å². The first-order valence-electron chi connectivity index (χ1n) is 5.77. The van der Waals surface area contributed by atoms with Crippen LogP contribution in [0.25, 0.3) is 0 Å². The lowest BCUT2D eigenvalue weighted by Crippen LogP contribution is -2.15. The van der Waals surface area contributed by atoms with Crippen molar-refractivity contribution in [3.05, 3.63) is 42.1 Å². The van der Waals surface area contributed by atoms with Crippen molar-refractivity contribution in [1.29, 1.82) is 0 Å². The number of nitrogens with zero attached hydrogens (tertiary/aromatic N) is 2. The molecule has 1 heterocycles. The van der Waals surface area contributed by atoms with Crippen molar-refractivity contribution in [3.63, 3.8) is 0 Å². The highest BCUT2D eigenvalue weighted by Crippen LogP contribution is 2.15. The van der Waals surface area contributed by atoms with Crippen LogP contribution >= 0.6 is 0 Å². The van der Waals surface area contributed by atoms with E-state index in [1.54, 1.807) is 37.4 Å². The third-order valence-corrected chi connectivity index (χ3v) is 4.05. The molecule has 7 heteroatoms. The second-order valence-electron chi connectivity index (χ2n) is 4.12. The van der Waals surface area contributed by atoms with Gasteiger partial charge in [-0.2, -0.15) is 5.10 Å². The van der Waals surface area contributed by atoms with Gasteiger partial charge in [0.05, 0.1) is 11.1 Å². The van der Waals surface area contributed by atoms with Crippen LogP contribution in [0.1, 0.15) is 5.56 Å². The Bertz CT molecular complexity index is 647. The summed E-state index contributed by atoms with van der Waals surface area (Å²) in [5, 5.41) is 6.92. The van der Waals surface area contributed by atoms with Crippen molar-refractivity contribution in [1.82, 2.24) is 15.1 Å². The Kier molecular flexibility index (Phi) is 3.87. The fraction of sp³-hybridized carbons (Fsp3) is 0.250. The molecule has 2 rings (SSSR count). The Morgan fingerprint density at radius 3 is 2.42 bits per heavy atom. The molecular weight excluding hydrogens is 264 g/mol. The number of benzene rings is 1. The molecule has 1 aromatic carbocycles. The van der Waals surface area contributed by atoms with E-state index in [4.69, 9.17) is 0 Å². The fourth-order valence-corrected chi connectivity index (χ4v) is 2.75. The minimum atomic E-state index is -3.57. The van der Waals surface area contributed by atoms with E-state index >= 15 is 0 Å². The summed E-state index contributed by atoms with van der Waals surface area (Å²) in [5.74, 6) is 0.430. The summed E-state index contributed by atoms with van der Waals surface area (Å²) in [6.07, 6.45) is 1.54. The SMILES string of the molecule is CNCc1ccc(S(=O)(=O)Nc2ccnn2C)cc1. The lowest BCUT2D eigenvalue weighted by Gasteiger charge is -2.08. The van der Waals surface area contributed by atoms with Crippen LogP contribution in [0.15, 0.2) is 41.4 Å². The van der Waals surface area contributed by atoms with Crippen molar-refractivity contribution in [2.45, 2.75) is 11.4 Å². The highest BCUT2D eigenvalue weighted by molar-refractivity contribution is 7.92. The lowest BCUT2D eigenvalue weighted by atomic mass is 10.2. The second-order valence-corrected chi connectivity index (χ2v) is 5.80. The predicted octanol–water partition coefficient (Wildman–Crippen LogP) is 0.940. The number of hydrogen-bond donors (Lipinski definition) is 2. The van der Waals surface area contributed by atoms with Crippen LogP contribution in [0.3, 0.4) is 0 Å². The minimum Gasteiger partial charge on any atom is -0.316 e. The van der Waals surface area contributed by atoms with Crippen LogP contribution in [-0.2, 0) is 23.6 Å². The van der Waals surface area contributed by atoms with E-state index < -0.39 is 10.0 Å². The highest BCUT2D eigenvalue weighted by atomic mass is 32.2. The van der Waals surface area contributed by atoms with Gasteiger partial charge in [-0.15, -0.1) is 0 Å². The molecule has 6 nitrogen and oxygen atoms in total. The van der Waals surface area contributed by atoms with Crippen LogP contribution in [-0.4, -0.2) is 25.2 Å². The molecule has 0 fully saturated rings. The third-order valence-electron chi connectivity index (χ3n) is 2.67. The summed E-state index contributed by atoms with van der Waals surface area (Å²) in [6, 6.07) is 8.35. The van der Waals surface area contributed by atoms with Gasteiger partial charge in [-0.25, -0.2) is 8.42 Å². The van der Waals surface area contributed by atoms with E-state index in [0.29, 0.717) is 12.4 Å². The van der Waals surface area contributed by atoms with Gasteiger partial charge in [0.2, 0.25) is 0 Å². The number of aryl methyl sites for hydroxylation is 1. The van der Waals surface area contributed by atoms with Crippen molar-refractivity contribution >= 4 is 15.8 Å². The molecule has 0 atom stereocenters. The van der Waals surface area contributed by atoms with E-state index in [0.717, 1.165) is 5.56 Å². The van der Waals surface area contributed by atoms with E-state index in [1.165, 1.54) is 10.9 Å². The minimum absolute atomic E-state index is 0.230. The van der Waals surface area contributed by atoms with Gasteiger partial charge in [-0.05, 0) is 24.7 Å². The molecule has 0 aliphatic heterocycles. The monoisotopic (exact) mass is 280 g/mol. The lowest BCUT2D eigenvalue weighted by molar-refractivity contribution is 0.600. The van der Waals surface area contributed by atoms with Gasteiger partial charge in [-0.1, -0.05) is 12.1 Å². The van der Waals surface area contributed by atoms with Gasteiger partial charge in [0, 0.05) is 19.7 Å². The molecular formula is C12H16N4O2S. The van der Waals surface area contributed by atoms with Gasteiger partial charge in [-0.3, -0.25) is 9.40 Å². The number of anilines is 1. The Morgan fingerprint density at radius 1 is 1.21 bits per heavy atom. The van der Waals surface area contributed by atoms with Crippen molar-refractivity contribution in [2.24, 2.45) is 7.05 Å². The Hall–Kier alpha value is -1.86. The predicted molar refractivity (Wildman–Crippen MR) is 73.2 cm³/mol. The van der Waals surface area contributed by atoms with E-state index in [-0.39, 0.29) is 4.90 Å². The first kappa shape index (κ1) is 13.6. The molecule has 0 bridgehead atoms. The molecule has 2 N–H and O–H groups in total. The zero-order valence-corrected chi connectivity index (χ0v) is 11.6.